The Balaban J connectivity index is 2.29. The van der Waals surface area contributed by atoms with Crippen LogP contribution in [0, 0.1) is 11.8 Å². The lowest BCUT2D eigenvalue weighted by Gasteiger charge is -2.31. The first-order valence-corrected chi connectivity index (χ1v) is 10.6. The Morgan fingerprint density at radius 2 is 1.89 bits per heavy atom. The molecule has 1 fully saturated rings. The number of rotatable bonds is 8. The van der Waals surface area contributed by atoms with E-state index in [9.17, 15) is 9.59 Å². The summed E-state index contributed by atoms with van der Waals surface area (Å²) in [7, 11) is 3.03. The summed E-state index contributed by atoms with van der Waals surface area (Å²) in [4.78, 5) is 25.7. The van der Waals surface area contributed by atoms with Crippen LogP contribution in [0.15, 0.2) is 40.8 Å². The molecule has 0 aliphatic heterocycles. The van der Waals surface area contributed by atoms with Crippen LogP contribution in [0.5, 0.6) is 5.75 Å². The number of thioether (sulfide) groups is 1. The molecule has 0 radical (unpaired) electrons. The fourth-order valence-corrected chi connectivity index (χ4v) is 4.74. The first-order chi connectivity index (χ1) is 13.5. The first kappa shape index (κ1) is 22.3. The quantitative estimate of drug-likeness (QED) is 0.356. The van der Waals surface area contributed by atoms with Crippen LogP contribution >= 0.6 is 11.8 Å². The molecule has 1 aromatic rings. The molecule has 0 amide bonds. The van der Waals surface area contributed by atoms with Crippen LogP contribution in [0.3, 0.4) is 0 Å². The molecule has 6 heteroatoms. The van der Waals surface area contributed by atoms with Gasteiger partial charge in [-0.1, -0.05) is 18.1 Å². The molecule has 0 spiro atoms. The predicted octanol–water partition coefficient (Wildman–Crippen LogP) is 4.64. The summed E-state index contributed by atoms with van der Waals surface area (Å²) in [6.45, 7) is 4.01. The van der Waals surface area contributed by atoms with Gasteiger partial charge in [-0.15, -0.1) is 11.8 Å². The largest absolute Gasteiger partial charge is 0.497 e. The number of allylic oxidation sites excluding steroid dienone is 1. The number of ether oxygens (including phenoxy) is 3. The average molecular weight is 407 g/mol. The van der Waals surface area contributed by atoms with E-state index in [1.807, 2.05) is 44.2 Å². The van der Waals surface area contributed by atoms with E-state index in [4.69, 9.17) is 14.2 Å². The van der Waals surface area contributed by atoms with Gasteiger partial charge < -0.3 is 14.2 Å². The van der Waals surface area contributed by atoms with E-state index in [1.165, 1.54) is 18.9 Å². The van der Waals surface area contributed by atoms with Crippen LogP contribution in [0.4, 0.5) is 0 Å². The lowest BCUT2D eigenvalue weighted by Crippen LogP contribution is -2.32. The minimum atomic E-state index is -0.343. The molecular formula is C22H30O5S. The highest BCUT2D eigenvalue weighted by Crippen LogP contribution is 2.40. The number of benzene rings is 1. The van der Waals surface area contributed by atoms with Crippen LogP contribution < -0.4 is 4.74 Å². The molecule has 5 nitrogen and oxygen atoms in total. The maximum Gasteiger partial charge on any atom is 0.320 e. The molecular weight excluding hydrogens is 376 g/mol. The molecule has 28 heavy (non-hydrogen) atoms. The van der Waals surface area contributed by atoms with Crippen LogP contribution in [-0.4, -0.2) is 38.0 Å². The van der Waals surface area contributed by atoms with E-state index >= 15 is 0 Å². The van der Waals surface area contributed by atoms with Gasteiger partial charge in [-0.2, -0.15) is 0 Å². The fraction of sp³-hybridized carbons (Fsp3) is 0.545. The fourth-order valence-electron chi connectivity index (χ4n) is 3.51. The van der Waals surface area contributed by atoms with E-state index < -0.39 is 0 Å². The van der Waals surface area contributed by atoms with E-state index in [0.29, 0.717) is 6.61 Å². The molecule has 154 valence electrons. The van der Waals surface area contributed by atoms with Crippen molar-refractivity contribution in [1.82, 2.24) is 0 Å². The standard InChI is InChI=1S/C22H30O5S/c1-5-27-22(24)20(28-18-12-10-17(25-3)11-13-18)19-9-7-6-8-16(19)14-15(2)21(23)26-4/h10-15,19-20H,5-9H2,1-4H3/b16-14+/t15-,19-,20+/m0/s1. The first-order valence-electron chi connectivity index (χ1n) is 9.75. The number of carbonyl (C=O) groups is 2. The summed E-state index contributed by atoms with van der Waals surface area (Å²) in [6, 6.07) is 7.70. The van der Waals surface area contributed by atoms with E-state index in [0.717, 1.165) is 41.9 Å². The van der Waals surface area contributed by atoms with Gasteiger partial charge in [0.1, 0.15) is 11.0 Å². The van der Waals surface area contributed by atoms with Crippen LogP contribution in [0.25, 0.3) is 0 Å². The summed E-state index contributed by atoms with van der Waals surface area (Å²) in [5.74, 6) is 0.0442. The van der Waals surface area contributed by atoms with Gasteiger partial charge in [0.15, 0.2) is 0 Å². The van der Waals surface area contributed by atoms with Crippen molar-refractivity contribution in [1.29, 1.82) is 0 Å². The number of hydrogen-bond acceptors (Lipinski definition) is 6. The average Bonchev–Trinajstić information content (AvgIpc) is 2.72. The molecule has 0 heterocycles. The summed E-state index contributed by atoms with van der Waals surface area (Å²) < 4.78 is 15.5. The van der Waals surface area contributed by atoms with Gasteiger partial charge >= 0.3 is 11.9 Å². The van der Waals surface area contributed by atoms with Gasteiger partial charge in [0.2, 0.25) is 0 Å². The summed E-state index contributed by atoms with van der Waals surface area (Å²) >= 11 is 1.52. The molecule has 0 unspecified atom stereocenters. The second-order valence-corrected chi connectivity index (χ2v) is 8.09. The molecule has 0 saturated heterocycles. The summed E-state index contributed by atoms with van der Waals surface area (Å²) in [6.07, 6.45) is 5.92. The molecule has 1 aromatic carbocycles. The summed E-state index contributed by atoms with van der Waals surface area (Å²) in [5.41, 5.74) is 1.16. The highest BCUT2D eigenvalue weighted by molar-refractivity contribution is 8.00. The smallest absolute Gasteiger partial charge is 0.320 e. The molecule has 0 bridgehead atoms. The van der Waals surface area contributed by atoms with Crippen LogP contribution in [-0.2, 0) is 19.1 Å². The van der Waals surface area contributed by atoms with Crippen molar-refractivity contribution in [2.45, 2.75) is 49.7 Å². The normalized spacial score (nSPS) is 20.3. The number of hydrogen-bond donors (Lipinski definition) is 0. The van der Waals surface area contributed by atoms with E-state index in [-0.39, 0.29) is 29.0 Å². The highest BCUT2D eigenvalue weighted by Gasteiger charge is 2.35. The van der Waals surface area contributed by atoms with Crippen molar-refractivity contribution in [3.63, 3.8) is 0 Å². The van der Waals surface area contributed by atoms with Crippen molar-refractivity contribution >= 4 is 23.7 Å². The van der Waals surface area contributed by atoms with Gasteiger partial charge in [0.05, 0.1) is 26.7 Å². The zero-order valence-corrected chi connectivity index (χ0v) is 17.9. The third kappa shape index (κ3) is 6.03. The van der Waals surface area contributed by atoms with Gasteiger partial charge in [-0.3, -0.25) is 9.59 Å². The Labute approximate surface area is 171 Å². The van der Waals surface area contributed by atoms with Gasteiger partial charge in [-0.25, -0.2) is 0 Å². The zero-order valence-electron chi connectivity index (χ0n) is 17.1. The van der Waals surface area contributed by atoms with Crippen LogP contribution in [0.1, 0.15) is 39.5 Å². The van der Waals surface area contributed by atoms with Crippen molar-refractivity contribution < 1.29 is 23.8 Å². The van der Waals surface area contributed by atoms with Gasteiger partial charge in [0, 0.05) is 10.8 Å². The van der Waals surface area contributed by atoms with Crippen molar-refractivity contribution in [2.24, 2.45) is 11.8 Å². The Bertz CT molecular complexity index is 683. The molecule has 2 rings (SSSR count). The maximum atomic E-state index is 12.8. The number of carbonyl (C=O) groups excluding carboxylic acids is 2. The second-order valence-electron chi connectivity index (χ2n) is 6.87. The highest BCUT2D eigenvalue weighted by atomic mass is 32.2. The van der Waals surface area contributed by atoms with Gasteiger partial charge in [0.25, 0.3) is 0 Å². The molecule has 1 aliphatic carbocycles. The molecule has 0 N–H and O–H groups in total. The van der Waals surface area contributed by atoms with Crippen molar-refractivity contribution in [2.75, 3.05) is 20.8 Å². The van der Waals surface area contributed by atoms with Crippen LogP contribution in [0.2, 0.25) is 0 Å². The monoisotopic (exact) mass is 406 g/mol. The predicted molar refractivity (Wildman–Crippen MR) is 110 cm³/mol. The third-order valence-electron chi connectivity index (χ3n) is 4.95. The minimum Gasteiger partial charge on any atom is -0.497 e. The Morgan fingerprint density at radius 1 is 1.18 bits per heavy atom. The van der Waals surface area contributed by atoms with Crippen molar-refractivity contribution in [3.8, 4) is 5.75 Å². The lowest BCUT2D eigenvalue weighted by molar-refractivity contribution is -0.143. The van der Waals surface area contributed by atoms with E-state index in [2.05, 4.69) is 0 Å². The molecule has 1 saturated carbocycles. The Hall–Kier alpha value is -1.95. The topological polar surface area (TPSA) is 61.8 Å². The molecule has 1 aliphatic rings. The number of methoxy groups -OCH3 is 2. The van der Waals surface area contributed by atoms with Gasteiger partial charge in [-0.05, 0) is 57.4 Å². The second kappa shape index (κ2) is 11.1. The Kier molecular flexibility index (Phi) is 8.90. The maximum absolute atomic E-state index is 12.8. The lowest BCUT2D eigenvalue weighted by atomic mass is 9.80. The van der Waals surface area contributed by atoms with E-state index in [1.54, 1.807) is 7.11 Å². The Morgan fingerprint density at radius 3 is 2.50 bits per heavy atom. The minimum absolute atomic E-state index is 0.0482. The van der Waals surface area contributed by atoms with Crippen molar-refractivity contribution in [3.05, 3.63) is 35.9 Å². The number of esters is 2. The molecule has 3 atom stereocenters. The summed E-state index contributed by atoms with van der Waals surface area (Å²) in [5, 5.41) is -0.343. The SMILES string of the molecule is CCOC(=O)[C@H](Sc1ccc(OC)cc1)[C@H]1CCCC/C1=C\[C@H](C)C(=O)OC. The third-order valence-corrected chi connectivity index (χ3v) is 6.27. The molecule has 0 aromatic heterocycles. The zero-order chi connectivity index (χ0) is 20.5.